The number of rotatable bonds is 5. The molecule has 0 spiro atoms. The normalized spacial score (nSPS) is 23.6. The molecule has 2 atom stereocenters. The van der Waals surface area contributed by atoms with Crippen LogP contribution in [0.2, 0.25) is 0 Å². The standard InChI is InChI=1S/C18H29NO/c1-4-19-17-12-7-5-6-10-15(17)16-11-8-9-13-18(16)20-14(2)3/h8-9,11,13-15,17,19H,4-7,10,12H2,1-3H3. The first-order chi connectivity index (χ1) is 9.72. The molecule has 0 radical (unpaired) electrons. The summed E-state index contributed by atoms with van der Waals surface area (Å²) < 4.78 is 6.04. The van der Waals surface area contributed by atoms with Crippen molar-refractivity contribution in [2.75, 3.05) is 6.54 Å². The van der Waals surface area contributed by atoms with Gasteiger partial charge in [0, 0.05) is 12.0 Å². The van der Waals surface area contributed by atoms with Crippen LogP contribution in [0.3, 0.4) is 0 Å². The van der Waals surface area contributed by atoms with Gasteiger partial charge in [0.2, 0.25) is 0 Å². The van der Waals surface area contributed by atoms with E-state index in [1.807, 2.05) is 0 Å². The lowest BCUT2D eigenvalue weighted by atomic mass is 9.87. The predicted octanol–water partition coefficient (Wildman–Crippen LogP) is 4.50. The third-order valence-corrected chi connectivity index (χ3v) is 4.16. The van der Waals surface area contributed by atoms with Gasteiger partial charge in [0.1, 0.15) is 5.75 Å². The maximum absolute atomic E-state index is 6.04. The molecule has 112 valence electrons. The second-order valence-corrected chi connectivity index (χ2v) is 6.11. The van der Waals surface area contributed by atoms with Crippen LogP contribution in [0.4, 0.5) is 0 Å². The zero-order chi connectivity index (χ0) is 14.4. The zero-order valence-corrected chi connectivity index (χ0v) is 13.2. The molecule has 20 heavy (non-hydrogen) atoms. The summed E-state index contributed by atoms with van der Waals surface area (Å²) in [5, 5.41) is 3.70. The second-order valence-electron chi connectivity index (χ2n) is 6.11. The molecule has 1 aromatic rings. The van der Waals surface area contributed by atoms with E-state index < -0.39 is 0 Å². The molecule has 1 saturated carbocycles. The van der Waals surface area contributed by atoms with Gasteiger partial charge in [0.25, 0.3) is 0 Å². The number of nitrogens with one attached hydrogen (secondary N) is 1. The van der Waals surface area contributed by atoms with E-state index in [0.717, 1.165) is 12.3 Å². The Morgan fingerprint density at radius 3 is 2.65 bits per heavy atom. The van der Waals surface area contributed by atoms with Gasteiger partial charge in [-0.15, -0.1) is 0 Å². The molecule has 1 aliphatic rings. The molecule has 2 heteroatoms. The van der Waals surface area contributed by atoms with Crippen molar-refractivity contribution in [3.63, 3.8) is 0 Å². The monoisotopic (exact) mass is 275 g/mol. The van der Waals surface area contributed by atoms with Gasteiger partial charge in [0.05, 0.1) is 6.10 Å². The number of hydrogen-bond donors (Lipinski definition) is 1. The van der Waals surface area contributed by atoms with Crippen LogP contribution in [0.5, 0.6) is 5.75 Å². The van der Waals surface area contributed by atoms with E-state index in [2.05, 4.69) is 50.4 Å². The summed E-state index contributed by atoms with van der Waals surface area (Å²) in [6.07, 6.45) is 6.85. The minimum Gasteiger partial charge on any atom is -0.491 e. The molecule has 2 nitrogen and oxygen atoms in total. The van der Waals surface area contributed by atoms with Crippen LogP contribution in [0.15, 0.2) is 24.3 Å². The Kier molecular flexibility index (Phi) is 5.90. The Bertz CT molecular complexity index is 402. The summed E-state index contributed by atoms with van der Waals surface area (Å²) in [7, 11) is 0. The van der Waals surface area contributed by atoms with Crippen LogP contribution in [-0.4, -0.2) is 18.7 Å². The van der Waals surface area contributed by atoms with Crippen LogP contribution in [-0.2, 0) is 0 Å². The molecular weight excluding hydrogens is 246 g/mol. The smallest absolute Gasteiger partial charge is 0.123 e. The summed E-state index contributed by atoms with van der Waals surface area (Å²) in [5.74, 6) is 1.67. The average molecular weight is 275 g/mol. The van der Waals surface area contributed by atoms with Gasteiger partial charge in [0.15, 0.2) is 0 Å². The Balaban J connectivity index is 2.25. The summed E-state index contributed by atoms with van der Waals surface area (Å²) in [4.78, 5) is 0. The van der Waals surface area contributed by atoms with Gasteiger partial charge in [-0.1, -0.05) is 44.4 Å². The number of hydrogen-bond acceptors (Lipinski definition) is 2. The summed E-state index contributed by atoms with van der Waals surface area (Å²) in [6.45, 7) is 7.46. The molecular formula is C18H29NO. The van der Waals surface area contributed by atoms with Gasteiger partial charge >= 0.3 is 0 Å². The quantitative estimate of drug-likeness (QED) is 0.799. The molecule has 2 unspecified atom stereocenters. The Hall–Kier alpha value is -1.02. The minimum absolute atomic E-state index is 0.236. The van der Waals surface area contributed by atoms with Gasteiger partial charge in [-0.25, -0.2) is 0 Å². The van der Waals surface area contributed by atoms with E-state index in [0.29, 0.717) is 12.0 Å². The molecule has 2 rings (SSSR count). The van der Waals surface area contributed by atoms with Gasteiger partial charge in [-0.05, 0) is 44.9 Å². The van der Waals surface area contributed by atoms with E-state index in [9.17, 15) is 0 Å². The second kappa shape index (κ2) is 7.68. The maximum atomic E-state index is 6.04. The molecule has 0 saturated heterocycles. The molecule has 0 aliphatic heterocycles. The fourth-order valence-electron chi connectivity index (χ4n) is 3.33. The van der Waals surface area contributed by atoms with E-state index in [4.69, 9.17) is 4.74 Å². The molecule has 0 heterocycles. The SMILES string of the molecule is CCNC1CCCCCC1c1ccccc1OC(C)C. The van der Waals surface area contributed by atoms with E-state index >= 15 is 0 Å². The lowest BCUT2D eigenvalue weighted by Gasteiger charge is -2.28. The predicted molar refractivity (Wildman–Crippen MR) is 85.5 cm³/mol. The van der Waals surface area contributed by atoms with Crippen molar-refractivity contribution in [3.8, 4) is 5.75 Å². The number of para-hydroxylation sites is 1. The van der Waals surface area contributed by atoms with E-state index in [-0.39, 0.29) is 6.10 Å². The lowest BCUT2D eigenvalue weighted by Crippen LogP contribution is -2.34. The minimum atomic E-state index is 0.236. The first-order valence-electron chi connectivity index (χ1n) is 8.21. The van der Waals surface area contributed by atoms with E-state index in [1.54, 1.807) is 0 Å². The van der Waals surface area contributed by atoms with Gasteiger partial charge < -0.3 is 10.1 Å². The lowest BCUT2D eigenvalue weighted by molar-refractivity contribution is 0.236. The average Bonchev–Trinajstić information content (AvgIpc) is 2.65. The zero-order valence-electron chi connectivity index (χ0n) is 13.2. The highest BCUT2D eigenvalue weighted by atomic mass is 16.5. The van der Waals surface area contributed by atoms with Gasteiger partial charge in [-0.3, -0.25) is 0 Å². The van der Waals surface area contributed by atoms with Crippen molar-refractivity contribution >= 4 is 0 Å². The Morgan fingerprint density at radius 1 is 1.15 bits per heavy atom. The summed E-state index contributed by atoms with van der Waals surface area (Å²) in [6, 6.07) is 9.22. The number of ether oxygens (including phenoxy) is 1. The van der Waals surface area contributed by atoms with Crippen LogP contribution in [0.1, 0.15) is 64.4 Å². The van der Waals surface area contributed by atoms with Crippen LogP contribution < -0.4 is 10.1 Å². The summed E-state index contributed by atoms with van der Waals surface area (Å²) in [5.41, 5.74) is 1.40. The Labute approximate surface area is 123 Å². The highest BCUT2D eigenvalue weighted by Gasteiger charge is 2.26. The van der Waals surface area contributed by atoms with Crippen molar-refractivity contribution < 1.29 is 4.74 Å². The third kappa shape index (κ3) is 3.99. The third-order valence-electron chi connectivity index (χ3n) is 4.16. The molecule has 1 fully saturated rings. The van der Waals surface area contributed by atoms with Crippen molar-refractivity contribution in [3.05, 3.63) is 29.8 Å². The fourth-order valence-corrected chi connectivity index (χ4v) is 3.33. The van der Waals surface area contributed by atoms with Crippen LogP contribution in [0, 0.1) is 0 Å². The molecule has 1 aromatic carbocycles. The van der Waals surface area contributed by atoms with Gasteiger partial charge in [-0.2, -0.15) is 0 Å². The molecule has 0 aromatic heterocycles. The fraction of sp³-hybridized carbons (Fsp3) is 0.667. The number of benzene rings is 1. The molecule has 0 amide bonds. The molecule has 1 N–H and O–H groups in total. The van der Waals surface area contributed by atoms with Crippen molar-refractivity contribution in [2.45, 2.75) is 70.9 Å². The summed E-state index contributed by atoms with van der Waals surface area (Å²) >= 11 is 0. The van der Waals surface area contributed by atoms with Crippen molar-refractivity contribution in [1.29, 1.82) is 0 Å². The van der Waals surface area contributed by atoms with Crippen LogP contribution in [0.25, 0.3) is 0 Å². The topological polar surface area (TPSA) is 21.3 Å². The first-order valence-corrected chi connectivity index (χ1v) is 8.21. The largest absolute Gasteiger partial charge is 0.491 e. The molecule has 0 bridgehead atoms. The van der Waals surface area contributed by atoms with E-state index in [1.165, 1.54) is 37.7 Å². The highest BCUT2D eigenvalue weighted by Crippen LogP contribution is 2.37. The number of likely N-dealkylation sites (N-methyl/N-ethyl adjacent to an activating group) is 1. The van der Waals surface area contributed by atoms with Crippen molar-refractivity contribution in [2.24, 2.45) is 0 Å². The Morgan fingerprint density at radius 2 is 1.90 bits per heavy atom. The maximum Gasteiger partial charge on any atom is 0.123 e. The van der Waals surface area contributed by atoms with Crippen LogP contribution >= 0.6 is 0 Å². The first kappa shape index (κ1) is 15.4. The molecule has 1 aliphatic carbocycles. The highest BCUT2D eigenvalue weighted by molar-refractivity contribution is 5.37. The van der Waals surface area contributed by atoms with Crippen molar-refractivity contribution in [1.82, 2.24) is 5.32 Å².